The van der Waals surface area contributed by atoms with Crippen molar-refractivity contribution >= 4 is 28.3 Å². The van der Waals surface area contributed by atoms with E-state index in [2.05, 4.69) is 25.2 Å². The first-order valence-corrected chi connectivity index (χ1v) is 10.4. The van der Waals surface area contributed by atoms with E-state index in [0.717, 1.165) is 60.7 Å². The second-order valence-electron chi connectivity index (χ2n) is 6.69. The third-order valence-electron chi connectivity index (χ3n) is 4.88. The monoisotopic (exact) mass is 415 g/mol. The number of rotatable bonds is 6. The van der Waals surface area contributed by atoms with Crippen LogP contribution in [0.25, 0.3) is 11.4 Å². The molecule has 146 valence electrons. The molecule has 2 aromatic heterocycles. The van der Waals surface area contributed by atoms with Crippen molar-refractivity contribution in [1.82, 2.24) is 19.2 Å². The smallest absolute Gasteiger partial charge is 0.212 e. The number of anilines is 1. The molecule has 1 aliphatic heterocycles. The van der Waals surface area contributed by atoms with Crippen LogP contribution in [-0.2, 0) is 6.42 Å². The third-order valence-corrected chi connectivity index (χ3v) is 5.91. The third kappa shape index (κ3) is 4.60. The van der Waals surface area contributed by atoms with Crippen LogP contribution in [0, 0.1) is 0 Å². The standard InChI is InChI=1S/C20H22ClN5OS/c1-27-18-7-2-15(14-22-18)8-9-25-10-12-26(13-11-25)20-23-19(24-28-20)16-3-5-17(21)6-4-16/h2-7,14H,8-13H2,1H3. The molecule has 4 rings (SSSR count). The fourth-order valence-electron chi connectivity index (χ4n) is 3.19. The normalized spacial score (nSPS) is 15.0. The van der Waals surface area contributed by atoms with E-state index in [9.17, 15) is 0 Å². The van der Waals surface area contributed by atoms with E-state index >= 15 is 0 Å². The maximum absolute atomic E-state index is 5.96. The second kappa shape index (κ2) is 8.86. The van der Waals surface area contributed by atoms with E-state index in [4.69, 9.17) is 21.3 Å². The largest absolute Gasteiger partial charge is 0.481 e. The van der Waals surface area contributed by atoms with Crippen LogP contribution in [0.5, 0.6) is 5.88 Å². The van der Waals surface area contributed by atoms with Gasteiger partial charge in [0.1, 0.15) is 0 Å². The molecule has 0 aliphatic carbocycles. The molecule has 8 heteroatoms. The molecule has 6 nitrogen and oxygen atoms in total. The Morgan fingerprint density at radius 3 is 2.54 bits per heavy atom. The SMILES string of the molecule is COc1ccc(CCN2CCN(c3nc(-c4ccc(Cl)cc4)ns3)CC2)cn1. The highest BCUT2D eigenvalue weighted by atomic mass is 35.5. The Labute approximate surface area is 173 Å². The molecule has 28 heavy (non-hydrogen) atoms. The summed E-state index contributed by atoms with van der Waals surface area (Å²) in [6.45, 7) is 5.03. The molecule has 0 N–H and O–H groups in total. The predicted molar refractivity (Wildman–Crippen MR) is 114 cm³/mol. The van der Waals surface area contributed by atoms with E-state index < -0.39 is 0 Å². The number of ether oxygens (including phenoxy) is 1. The average Bonchev–Trinajstić information content (AvgIpc) is 3.24. The molecule has 3 aromatic rings. The first-order chi connectivity index (χ1) is 13.7. The van der Waals surface area contributed by atoms with Crippen molar-refractivity contribution in [2.75, 3.05) is 44.7 Å². The zero-order valence-electron chi connectivity index (χ0n) is 15.7. The van der Waals surface area contributed by atoms with Crippen molar-refractivity contribution in [1.29, 1.82) is 0 Å². The van der Waals surface area contributed by atoms with Gasteiger partial charge < -0.3 is 9.64 Å². The molecule has 3 heterocycles. The van der Waals surface area contributed by atoms with Crippen LogP contribution in [0.15, 0.2) is 42.6 Å². The number of benzene rings is 1. The van der Waals surface area contributed by atoms with Crippen molar-refractivity contribution in [2.24, 2.45) is 0 Å². The van der Waals surface area contributed by atoms with Gasteiger partial charge in [0.05, 0.1) is 7.11 Å². The Hall–Kier alpha value is -2.22. The molecule has 1 saturated heterocycles. The Kier molecular flexibility index (Phi) is 6.04. The van der Waals surface area contributed by atoms with E-state index in [1.807, 2.05) is 36.5 Å². The summed E-state index contributed by atoms with van der Waals surface area (Å²) in [5.41, 5.74) is 2.23. The number of methoxy groups -OCH3 is 1. The topological polar surface area (TPSA) is 54.4 Å². The zero-order chi connectivity index (χ0) is 19.3. The van der Waals surface area contributed by atoms with Gasteiger partial charge in [0.2, 0.25) is 11.0 Å². The molecule has 0 saturated carbocycles. The number of halogens is 1. The summed E-state index contributed by atoms with van der Waals surface area (Å²) >= 11 is 7.42. The minimum absolute atomic E-state index is 0.660. The van der Waals surface area contributed by atoms with Gasteiger partial charge in [-0.1, -0.05) is 17.7 Å². The first kappa shape index (κ1) is 19.1. The van der Waals surface area contributed by atoms with Gasteiger partial charge >= 0.3 is 0 Å². The van der Waals surface area contributed by atoms with Crippen LogP contribution in [0.2, 0.25) is 5.02 Å². The maximum Gasteiger partial charge on any atom is 0.212 e. The first-order valence-electron chi connectivity index (χ1n) is 9.27. The fourth-order valence-corrected chi connectivity index (χ4v) is 4.06. The lowest BCUT2D eigenvalue weighted by Crippen LogP contribution is -2.47. The lowest BCUT2D eigenvalue weighted by Gasteiger charge is -2.34. The van der Waals surface area contributed by atoms with Gasteiger partial charge in [-0.05, 0) is 36.2 Å². The van der Waals surface area contributed by atoms with Crippen LogP contribution in [0.3, 0.4) is 0 Å². The number of piperazine rings is 1. The molecule has 0 radical (unpaired) electrons. The summed E-state index contributed by atoms with van der Waals surface area (Å²) in [6, 6.07) is 11.7. The summed E-state index contributed by atoms with van der Waals surface area (Å²) in [4.78, 5) is 13.8. The Morgan fingerprint density at radius 1 is 1.07 bits per heavy atom. The Bertz CT molecular complexity index is 892. The van der Waals surface area contributed by atoms with Gasteiger partial charge in [-0.2, -0.15) is 9.36 Å². The van der Waals surface area contributed by atoms with Crippen molar-refractivity contribution in [3.63, 3.8) is 0 Å². The highest BCUT2D eigenvalue weighted by Crippen LogP contribution is 2.25. The van der Waals surface area contributed by atoms with Crippen LogP contribution in [-0.4, -0.2) is 59.1 Å². The van der Waals surface area contributed by atoms with Crippen molar-refractivity contribution in [3.05, 3.63) is 53.2 Å². The molecule has 0 bridgehead atoms. The number of nitrogens with zero attached hydrogens (tertiary/aromatic N) is 5. The van der Waals surface area contributed by atoms with Crippen molar-refractivity contribution in [3.8, 4) is 17.3 Å². The molecule has 0 atom stereocenters. The van der Waals surface area contributed by atoms with E-state index in [1.165, 1.54) is 17.1 Å². The number of pyridine rings is 1. The number of hydrogen-bond donors (Lipinski definition) is 0. The minimum atomic E-state index is 0.660. The molecule has 1 aromatic carbocycles. The van der Waals surface area contributed by atoms with Crippen LogP contribution < -0.4 is 9.64 Å². The van der Waals surface area contributed by atoms with E-state index in [1.54, 1.807) is 7.11 Å². The summed E-state index contributed by atoms with van der Waals surface area (Å²) in [7, 11) is 1.64. The Balaban J connectivity index is 1.28. The van der Waals surface area contributed by atoms with E-state index in [-0.39, 0.29) is 0 Å². The molecular weight excluding hydrogens is 394 g/mol. The molecule has 1 fully saturated rings. The minimum Gasteiger partial charge on any atom is -0.481 e. The number of hydrogen-bond acceptors (Lipinski definition) is 7. The van der Waals surface area contributed by atoms with Gasteiger partial charge in [0.25, 0.3) is 0 Å². The van der Waals surface area contributed by atoms with Gasteiger partial charge in [0, 0.05) is 67.1 Å². The van der Waals surface area contributed by atoms with Gasteiger partial charge in [-0.3, -0.25) is 4.90 Å². The number of aromatic nitrogens is 3. The van der Waals surface area contributed by atoms with Crippen LogP contribution >= 0.6 is 23.1 Å². The Morgan fingerprint density at radius 2 is 1.86 bits per heavy atom. The molecule has 0 unspecified atom stereocenters. The van der Waals surface area contributed by atoms with Crippen molar-refractivity contribution < 1.29 is 4.74 Å². The van der Waals surface area contributed by atoms with E-state index in [0.29, 0.717) is 5.88 Å². The van der Waals surface area contributed by atoms with Gasteiger partial charge in [-0.25, -0.2) is 4.98 Å². The highest BCUT2D eigenvalue weighted by molar-refractivity contribution is 7.09. The molecular formula is C20H22ClN5OS. The van der Waals surface area contributed by atoms with Gasteiger partial charge in [0.15, 0.2) is 5.82 Å². The summed E-state index contributed by atoms with van der Waals surface area (Å²) < 4.78 is 9.63. The molecule has 0 amide bonds. The van der Waals surface area contributed by atoms with Crippen LogP contribution in [0.4, 0.5) is 5.13 Å². The summed E-state index contributed by atoms with van der Waals surface area (Å²) in [5, 5.41) is 1.71. The predicted octanol–water partition coefficient (Wildman–Crippen LogP) is 3.63. The summed E-state index contributed by atoms with van der Waals surface area (Å²) in [5.74, 6) is 1.43. The average molecular weight is 416 g/mol. The van der Waals surface area contributed by atoms with Gasteiger partial charge in [-0.15, -0.1) is 0 Å². The second-order valence-corrected chi connectivity index (χ2v) is 7.86. The lowest BCUT2D eigenvalue weighted by molar-refractivity contribution is 0.261. The molecule has 0 spiro atoms. The zero-order valence-corrected chi connectivity index (χ0v) is 17.3. The van der Waals surface area contributed by atoms with Crippen molar-refractivity contribution in [2.45, 2.75) is 6.42 Å². The maximum atomic E-state index is 5.96. The highest BCUT2D eigenvalue weighted by Gasteiger charge is 2.20. The van der Waals surface area contributed by atoms with Crippen LogP contribution in [0.1, 0.15) is 5.56 Å². The fraction of sp³-hybridized carbons (Fsp3) is 0.350. The lowest BCUT2D eigenvalue weighted by atomic mass is 10.2. The summed E-state index contributed by atoms with van der Waals surface area (Å²) in [6.07, 6.45) is 2.89. The quantitative estimate of drug-likeness (QED) is 0.612. The molecule has 1 aliphatic rings.